The molecule has 308 valence electrons. The number of nitroso groups, excluding NO2 is 1. The summed E-state index contributed by atoms with van der Waals surface area (Å²) in [5, 5.41) is 39.5. The molecule has 19 heteroatoms. The van der Waals surface area contributed by atoms with Crippen LogP contribution in [0.4, 0.5) is 5.69 Å². The molecular weight excluding hydrogens is 797 g/mol. The molecule has 17 nitrogen and oxygen atoms in total. The van der Waals surface area contributed by atoms with Crippen molar-refractivity contribution >= 4 is 44.7 Å². The molecule has 8 rings (SSSR count). The Kier molecular flexibility index (Phi) is 11.3. The number of fused-ring (bicyclic) bond motifs is 6. The molecule has 2 aliphatic carbocycles. The van der Waals surface area contributed by atoms with E-state index in [4.69, 9.17) is 28.4 Å². The molecule has 0 saturated carbocycles. The number of carbonyl (C=O) groups excluding carboxylic acids is 3. The van der Waals surface area contributed by atoms with Crippen molar-refractivity contribution in [1.29, 1.82) is 0 Å². The van der Waals surface area contributed by atoms with E-state index in [2.05, 4.69) is 15.2 Å². The second-order valence-corrected chi connectivity index (χ2v) is 17.1. The van der Waals surface area contributed by atoms with Gasteiger partial charge >= 0.3 is 0 Å². The van der Waals surface area contributed by atoms with E-state index in [1.165, 1.54) is 60.1 Å². The summed E-state index contributed by atoms with van der Waals surface area (Å²) in [5.74, 6) is -2.97. The number of phenolic OH excluding ortho intramolecular Hbond substituents is 2. The molecule has 2 aromatic carbocycles. The van der Waals surface area contributed by atoms with E-state index >= 15 is 0 Å². The highest BCUT2D eigenvalue weighted by Crippen LogP contribution is 2.53. The van der Waals surface area contributed by atoms with E-state index in [-0.39, 0.29) is 53.1 Å². The third-order valence-corrected chi connectivity index (χ3v) is 13.6. The van der Waals surface area contributed by atoms with Crippen LogP contribution in [0.3, 0.4) is 0 Å². The van der Waals surface area contributed by atoms with Crippen molar-refractivity contribution in [3.05, 3.63) is 74.8 Å². The monoisotopic (exact) mass is 839 g/mol. The predicted octanol–water partition coefficient (Wildman–Crippen LogP) is 3.14. The van der Waals surface area contributed by atoms with Crippen molar-refractivity contribution in [3.8, 4) is 17.2 Å². The van der Waals surface area contributed by atoms with Crippen LogP contribution in [0, 0.1) is 4.91 Å². The molecule has 3 saturated heterocycles. The third-order valence-electron chi connectivity index (χ3n) is 11.3. The van der Waals surface area contributed by atoms with E-state index in [1.807, 2.05) is 6.92 Å². The molecule has 8 atom stereocenters. The van der Waals surface area contributed by atoms with Crippen molar-refractivity contribution in [3.63, 3.8) is 0 Å². The lowest BCUT2D eigenvalue weighted by Gasteiger charge is -2.43. The fraction of sp³-hybridized carbons (Fsp3) is 0.487. The Labute approximate surface area is 340 Å². The third kappa shape index (κ3) is 7.05. The van der Waals surface area contributed by atoms with Gasteiger partial charge in [0, 0.05) is 83.7 Å². The number of nitrogens with one attached hydrogen (secondary N) is 1. The summed E-state index contributed by atoms with van der Waals surface area (Å²) in [6.45, 7) is 2.97. The van der Waals surface area contributed by atoms with Crippen molar-refractivity contribution in [2.24, 2.45) is 0 Å². The highest BCUT2D eigenvalue weighted by Gasteiger charge is 2.55. The van der Waals surface area contributed by atoms with Crippen molar-refractivity contribution in [1.82, 2.24) is 15.2 Å². The summed E-state index contributed by atoms with van der Waals surface area (Å²) < 4.78 is 36.6. The number of morpholine rings is 1. The minimum atomic E-state index is -2.20. The van der Waals surface area contributed by atoms with Crippen LogP contribution in [0.25, 0.3) is 0 Å². The van der Waals surface area contributed by atoms with Gasteiger partial charge in [0.15, 0.2) is 31.6 Å². The van der Waals surface area contributed by atoms with Gasteiger partial charge in [-0.3, -0.25) is 19.3 Å². The number of nitrogens with zero attached hydrogens (tertiary/aromatic N) is 3. The Hall–Kier alpha value is -4.18. The number of methoxy groups -OCH3 is 2. The van der Waals surface area contributed by atoms with Gasteiger partial charge in [0.25, 0.3) is 11.6 Å². The smallest absolute Gasteiger partial charge is 0.273 e. The molecule has 3 fully saturated rings. The molecule has 3 aromatic rings. The maximum atomic E-state index is 14.1. The van der Waals surface area contributed by atoms with E-state index in [0.717, 1.165) is 0 Å². The summed E-state index contributed by atoms with van der Waals surface area (Å²) in [6.07, 6.45) is -3.31. The van der Waals surface area contributed by atoms with Crippen LogP contribution in [0.5, 0.6) is 17.2 Å². The van der Waals surface area contributed by atoms with Crippen LogP contribution in [-0.4, -0.2) is 137 Å². The molecule has 1 amide bonds. The van der Waals surface area contributed by atoms with E-state index in [9.17, 15) is 34.6 Å². The van der Waals surface area contributed by atoms with Crippen molar-refractivity contribution < 1.29 is 62.9 Å². The van der Waals surface area contributed by atoms with Gasteiger partial charge < -0.3 is 49.1 Å². The molecular formula is C39H43N4O13S2+. The molecule has 4 heterocycles. The SMILES string of the molecule is COc1cccc2c1C(=O)c1c(O)c3c(c(O)c1C2=O)C[C@@](O)(C(=O)NCCSSc1ccc([N+](C)=O)cn1)C[C@@H]3O[C@H]1C[C@H]2[C@H](O[C@@H]3[C@@H](OC)OCCN32)[C@H](C)O1. The Morgan fingerprint density at radius 2 is 1.90 bits per heavy atom. The van der Waals surface area contributed by atoms with Crippen molar-refractivity contribution in [2.75, 3.05) is 46.7 Å². The number of ketones is 2. The Morgan fingerprint density at radius 1 is 1.10 bits per heavy atom. The molecule has 3 aliphatic heterocycles. The van der Waals surface area contributed by atoms with Crippen LogP contribution in [0.2, 0.25) is 0 Å². The summed E-state index contributed by atoms with van der Waals surface area (Å²) in [6, 6.07) is 7.66. The first-order chi connectivity index (χ1) is 27.8. The number of hydrogen-bond acceptors (Lipinski definition) is 17. The normalized spacial score (nSPS) is 28.8. The van der Waals surface area contributed by atoms with Gasteiger partial charge in [-0.2, -0.15) is 0 Å². The molecule has 0 spiro atoms. The van der Waals surface area contributed by atoms with Gasteiger partial charge in [-0.25, -0.2) is 4.98 Å². The van der Waals surface area contributed by atoms with Crippen LogP contribution < -0.4 is 10.1 Å². The topological polar surface area (TPSA) is 216 Å². The first-order valence-corrected chi connectivity index (χ1v) is 21.1. The van der Waals surface area contributed by atoms with E-state index in [1.54, 1.807) is 19.2 Å². The van der Waals surface area contributed by atoms with Gasteiger partial charge in [-0.05, 0) is 29.9 Å². The lowest BCUT2D eigenvalue weighted by Crippen LogP contribution is -2.55. The zero-order valence-corrected chi connectivity index (χ0v) is 33.7. The number of phenols is 2. The fourth-order valence-corrected chi connectivity index (χ4v) is 10.4. The molecule has 58 heavy (non-hydrogen) atoms. The average Bonchev–Trinajstić information content (AvgIpc) is 3.60. The van der Waals surface area contributed by atoms with E-state index < -0.39 is 89.6 Å². The first-order valence-electron chi connectivity index (χ1n) is 18.8. The number of ether oxygens (including phenoxy) is 6. The Bertz CT molecular complexity index is 2160. The number of rotatable bonds is 11. The summed E-state index contributed by atoms with van der Waals surface area (Å²) in [7, 11) is 7.03. The fourth-order valence-electron chi connectivity index (χ4n) is 8.58. The number of aliphatic hydroxyl groups is 1. The maximum Gasteiger partial charge on any atom is 0.273 e. The molecule has 0 bridgehead atoms. The van der Waals surface area contributed by atoms with Crippen LogP contribution >= 0.6 is 21.6 Å². The number of benzene rings is 2. The van der Waals surface area contributed by atoms with Gasteiger partial charge in [0.1, 0.15) is 40.2 Å². The molecule has 5 aliphatic rings. The highest BCUT2D eigenvalue weighted by molar-refractivity contribution is 8.76. The summed E-state index contributed by atoms with van der Waals surface area (Å²) >= 11 is 0. The number of amides is 1. The minimum Gasteiger partial charge on any atom is -0.507 e. The lowest BCUT2D eigenvalue weighted by atomic mass is 9.72. The Morgan fingerprint density at radius 3 is 2.62 bits per heavy atom. The zero-order chi connectivity index (χ0) is 41.0. The number of pyridine rings is 1. The van der Waals surface area contributed by atoms with Gasteiger partial charge in [-0.15, -0.1) is 0 Å². The predicted molar refractivity (Wildman–Crippen MR) is 206 cm³/mol. The number of aromatic nitrogens is 1. The van der Waals surface area contributed by atoms with Crippen LogP contribution in [-0.2, 0) is 34.9 Å². The van der Waals surface area contributed by atoms with Gasteiger partial charge in [-0.1, -0.05) is 22.9 Å². The Balaban J connectivity index is 1.08. The second-order valence-electron chi connectivity index (χ2n) is 14.7. The maximum absolute atomic E-state index is 14.1. The quantitative estimate of drug-likeness (QED) is 0.0739. The zero-order valence-electron chi connectivity index (χ0n) is 32.0. The number of carbonyl (C=O) groups is 3. The largest absolute Gasteiger partial charge is 0.507 e. The molecule has 0 unspecified atom stereocenters. The van der Waals surface area contributed by atoms with Gasteiger partial charge in [0.2, 0.25) is 5.78 Å². The standard InChI is InChI=1S/C39H42N4O13S2/c1-18-35-22(43-11-12-53-37(52-4)36(43)56-35)14-26(54-18)55-24-16-39(49,38(48)40-10-13-57-58-25-9-8-19(17-41-25)42(2)50)15-21-28(24)34(47)30-29(32(21)45)31(44)20-6-5-7-23(51-3)27(20)33(30)46/h5-9,17-18,22,24,26,35-37,49H,10-16H2,1-4H3,(H2-,40,44,45,46,47,48)/p+1/t18-,22-,24-,26-,35+,36+,37-,39-/m0/s1. The van der Waals surface area contributed by atoms with E-state index in [0.29, 0.717) is 34.4 Å². The van der Waals surface area contributed by atoms with Gasteiger partial charge in [0.05, 0.1) is 42.6 Å². The minimum absolute atomic E-state index is 0.0302. The molecule has 4 N–H and O–H groups in total. The summed E-state index contributed by atoms with van der Waals surface area (Å²) in [5.41, 5.74) is -2.89. The highest BCUT2D eigenvalue weighted by atomic mass is 33.1. The van der Waals surface area contributed by atoms with Crippen LogP contribution in [0.15, 0.2) is 41.6 Å². The number of hydrogen-bond donors (Lipinski definition) is 4. The van der Waals surface area contributed by atoms with Crippen molar-refractivity contribution in [2.45, 2.75) is 80.0 Å². The van der Waals surface area contributed by atoms with Crippen LogP contribution in [0.1, 0.15) is 68.8 Å². The second kappa shape index (κ2) is 16.1. The molecule has 0 radical (unpaired) electrons. The number of aromatic hydroxyl groups is 2. The average molecular weight is 840 g/mol. The first kappa shape index (κ1) is 40.6. The lowest BCUT2D eigenvalue weighted by molar-refractivity contribution is -0.428. The molecule has 1 aromatic heterocycles. The summed E-state index contributed by atoms with van der Waals surface area (Å²) in [4.78, 5) is 59.9.